The van der Waals surface area contributed by atoms with E-state index in [2.05, 4.69) is 5.32 Å². The van der Waals surface area contributed by atoms with Crippen LogP contribution >= 0.6 is 11.6 Å². The van der Waals surface area contributed by atoms with Crippen LogP contribution < -0.4 is 10.1 Å². The maximum atomic E-state index is 12.5. The summed E-state index contributed by atoms with van der Waals surface area (Å²) in [7, 11) is 1.52. The molecule has 1 saturated heterocycles. The normalized spacial score (nSPS) is 24.3. The van der Waals surface area contributed by atoms with Gasteiger partial charge in [-0.15, -0.1) is 0 Å². The van der Waals surface area contributed by atoms with E-state index in [1.165, 1.54) is 7.11 Å². The van der Waals surface area contributed by atoms with Gasteiger partial charge in [-0.1, -0.05) is 49.7 Å². The summed E-state index contributed by atoms with van der Waals surface area (Å²) in [6, 6.07) is 12.9. The molecule has 0 saturated carbocycles. The summed E-state index contributed by atoms with van der Waals surface area (Å²) in [5.74, 6) is 0.340. The van der Waals surface area contributed by atoms with Crippen LogP contribution in [0, 0.1) is 5.92 Å². The Hall–Kier alpha value is -2.24. The number of phenolic OH excluding ortho intramolecular Hbond substituents is 1. The minimum absolute atomic E-state index is 0.00197. The first-order chi connectivity index (χ1) is 13.7. The predicted octanol–water partition coefficient (Wildman–Crippen LogP) is 5.18. The lowest BCUT2D eigenvalue weighted by Gasteiger charge is -2.43. The van der Waals surface area contributed by atoms with Crippen LogP contribution in [0.2, 0.25) is 5.02 Å². The minimum Gasteiger partial charge on any atom is -0.504 e. The van der Waals surface area contributed by atoms with Crippen LogP contribution in [0.1, 0.15) is 56.9 Å². The van der Waals surface area contributed by atoms with E-state index in [4.69, 9.17) is 21.1 Å². The van der Waals surface area contributed by atoms with Gasteiger partial charge in [0.05, 0.1) is 19.3 Å². The highest BCUT2D eigenvalue weighted by Crippen LogP contribution is 2.47. The maximum absolute atomic E-state index is 12.5. The van der Waals surface area contributed by atoms with E-state index < -0.39 is 11.6 Å². The Balaban J connectivity index is 1.97. The zero-order chi connectivity index (χ0) is 21.2. The van der Waals surface area contributed by atoms with Crippen molar-refractivity contribution < 1.29 is 19.4 Å². The van der Waals surface area contributed by atoms with Gasteiger partial charge >= 0.3 is 0 Å². The third-order valence-corrected chi connectivity index (χ3v) is 5.64. The fourth-order valence-corrected chi connectivity index (χ4v) is 3.89. The number of rotatable bonds is 5. The van der Waals surface area contributed by atoms with E-state index in [-0.39, 0.29) is 23.7 Å². The smallest absolute Gasteiger partial charge is 0.222 e. The molecule has 0 spiro atoms. The van der Waals surface area contributed by atoms with Gasteiger partial charge in [0.15, 0.2) is 11.5 Å². The molecule has 0 radical (unpaired) electrons. The molecular weight excluding hydrogens is 390 g/mol. The van der Waals surface area contributed by atoms with Gasteiger partial charge in [-0.25, -0.2) is 0 Å². The molecule has 2 aromatic carbocycles. The number of para-hydroxylation sites is 1. The first kappa shape index (κ1) is 21.5. The van der Waals surface area contributed by atoms with Gasteiger partial charge in [0.2, 0.25) is 5.91 Å². The minimum atomic E-state index is -0.496. The van der Waals surface area contributed by atoms with Crippen molar-refractivity contribution in [3.8, 4) is 11.5 Å². The Kier molecular flexibility index (Phi) is 6.39. The van der Waals surface area contributed by atoms with Gasteiger partial charge < -0.3 is 19.9 Å². The molecule has 0 aliphatic carbocycles. The predicted molar refractivity (Wildman–Crippen MR) is 113 cm³/mol. The average molecular weight is 418 g/mol. The molecule has 5 nitrogen and oxygen atoms in total. The number of methoxy groups -OCH3 is 1. The molecule has 3 rings (SSSR count). The lowest BCUT2D eigenvalue weighted by Crippen LogP contribution is -2.52. The number of halogens is 1. The first-order valence-electron chi connectivity index (χ1n) is 9.81. The number of hydrogen-bond donors (Lipinski definition) is 2. The van der Waals surface area contributed by atoms with Gasteiger partial charge in [-0.05, 0) is 30.7 Å². The van der Waals surface area contributed by atoms with Crippen molar-refractivity contribution in [1.82, 2.24) is 5.32 Å². The molecule has 1 aliphatic rings. The Morgan fingerprint density at radius 3 is 2.48 bits per heavy atom. The molecule has 0 unspecified atom stereocenters. The Morgan fingerprint density at radius 2 is 1.86 bits per heavy atom. The van der Waals surface area contributed by atoms with Crippen molar-refractivity contribution in [2.24, 2.45) is 5.92 Å². The van der Waals surface area contributed by atoms with Crippen molar-refractivity contribution in [3.05, 3.63) is 58.6 Å². The molecule has 156 valence electrons. The first-order valence-corrected chi connectivity index (χ1v) is 10.2. The molecule has 1 fully saturated rings. The van der Waals surface area contributed by atoms with Crippen LogP contribution in [0.4, 0.5) is 0 Å². The highest BCUT2D eigenvalue weighted by molar-refractivity contribution is 6.30. The van der Waals surface area contributed by atoms with Crippen molar-refractivity contribution >= 4 is 17.5 Å². The van der Waals surface area contributed by atoms with Gasteiger partial charge in [-0.3, -0.25) is 4.79 Å². The van der Waals surface area contributed by atoms with E-state index >= 15 is 0 Å². The second kappa shape index (κ2) is 8.64. The lowest BCUT2D eigenvalue weighted by atomic mass is 9.81. The topological polar surface area (TPSA) is 67.8 Å². The Bertz CT molecular complexity index is 868. The van der Waals surface area contributed by atoms with Crippen molar-refractivity contribution in [2.45, 2.75) is 51.4 Å². The molecule has 29 heavy (non-hydrogen) atoms. The number of carbonyl (C=O) groups excluding carboxylic acids is 1. The van der Waals surface area contributed by atoms with Crippen LogP contribution in [0.25, 0.3) is 0 Å². The average Bonchev–Trinajstić information content (AvgIpc) is 2.67. The van der Waals surface area contributed by atoms with Crippen LogP contribution in [-0.4, -0.2) is 23.7 Å². The number of nitrogens with one attached hydrogen (secondary N) is 1. The fourth-order valence-electron chi connectivity index (χ4n) is 3.76. The number of benzene rings is 2. The molecule has 6 heteroatoms. The second-order valence-corrected chi connectivity index (χ2v) is 8.61. The maximum Gasteiger partial charge on any atom is 0.222 e. The SMILES string of the molecule is COc1cccc([C@H]2C[C@](C)(NC(=O)C(C)C)C[C@@H](c3ccc(Cl)cc3)O2)c1O. The number of carbonyl (C=O) groups is 1. The van der Waals surface area contributed by atoms with E-state index in [9.17, 15) is 9.90 Å². The summed E-state index contributed by atoms with van der Waals surface area (Å²) >= 11 is 6.04. The molecule has 1 aliphatic heterocycles. The molecule has 0 aromatic heterocycles. The molecule has 2 N–H and O–H groups in total. The molecule has 0 bridgehead atoms. The number of aromatic hydroxyl groups is 1. The Labute approximate surface area is 177 Å². The molecule has 2 aromatic rings. The van der Waals surface area contributed by atoms with Gasteiger partial charge in [0, 0.05) is 34.9 Å². The monoisotopic (exact) mass is 417 g/mol. The van der Waals surface area contributed by atoms with Crippen LogP contribution in [-0.2, 0) is 9.53 Å². The molecule has 1 heterocycles. The zero-order valence-corrected chi connectivity index (χ0v) is 18.0. The number of ether oxygens (including phenoxy) is 2. The summed E-state index contributed by atoms with van der Waals surface area (Å²) in [4.78, 5) is 12.5. The highest BCUT2D eigenvalue weighted by Gasteiger charge is 2.41. The van der Waals surface area contributed by atoms with Gasteiger partial charge in [0.25, 0.3) is 0 Å². The number of hydrogen-bond acceptors (Lipinski definition) is 4. The van der Waals surface area contributed by atoms with Gasteiger partial charge in [0.1, 0.15) is 0 Å². The van der Waals surface area contributed by atoms with E-state index in [1.807, 2.05) is 57.2 Å². The van der Waals surface area contributed by atoms with E-state index in [0.29, 0.717) is 29.2 Å². The van der Waals surface area contributed by atoms with Crippen LogP contribution in [0.3, 0.4) is 0 Å². The lowest BCUT2D eigenvalue weighted by molar-refractivity contribution is -0.131. The fraction of sp³-hybridized carbons (Fsp3) is 0.435. The summed E-state index contributed by atoms with van der Waals surface area (Å²) < 4.78 is 11.7. The van der Waals surface area contributed by atoms with E-state index in [0.717, 1.165) is 5.56 Å². The van der Waals surface area contributed by atoms with Crippen molar-refractivity contribution in [1.29, 1.82) is 0 Å². The summed E-state index contributed by atoms with van der Waals surface area (Å²) in [5, 5.41) is 14.5. The third kappa shape index (κ3) is 4.85. The summed E-state index contributed by atoms with van der Waals surface area (Å²) in [5.41, 5.74) is 1.13. The Morgan fingerprint density at radius 1 is 1.21 bits per heavy atom. The molecular formula is C23H28ClNO4. The standard InChI is InChI=1S/C23H28ClNO4/c1-14(2)22(27)25-23(3)12-19(15-8-10-16(24)11-9-15)29-20(13-23)17-6-5-7-18(28-4)21(17)26/h5-11,14,19-20,26H,12-13H2,1-4H3,(H,25,27)/t19-,20+,23+/m0/s1. The van der Waals surface area contributed by atoms with Crippen LogP contribution in [0.15, 0.2) is 42.5 Å². The number of amides is 1. The van der Waals surface area contributed by atoms with E-state index in [1.54, 1.807) is 6.07 Å². The summed E-state index contributed by atoms with van der Waals surface area (Å²) in [6.45, 7) is 5.78. The zero-order valence-electron chi connectivity index (χ0n) is 17.2. The number of phenols is 1. The molecule has 1 amide bonds. The van der Waals surface area contributed by atoms with Gasteiger partial charge in [-0.2, -0.15) is 0 Å². The molecule has 3 atom stereocenters. The quantitative estimate of drug-likeness (QED) is 0.703. The second-order valence-electron chi connectivity index (χ2n) is 8.18. The highest BCUT2D eigenvalue weighted by atomic mass is 35.5. The van der Waals surface area contributed by atoms with Crippen LogP contribution in [0.5, 0.6) is 11.5 Å². The van der Waals surface area contributed by atoms with Crippen molar-refractivity contribution in [3.63, 3.8) is 0 Å². The summed E-state index contributed by atoms with van der Waals surface area (Å²) in [6.07, 6.45) is 0.496. The van der Waals surface area contributed by atoms with Crippen molar-refractivity contribution in [2.75, 3.05) is 7.11 Å². The third-order valence-electron chi connectivity index (χ3n) is 5.39. The largest absolute Gasteiger partial charge is 0.504 e.